The minimum Gasteiger partial charge on any atom is -0.508 e. The molecule has 0 amide bonds. The van der Waals surface area contributed by atoms with Gasteiger partial charge in [-0.1, -0.05) is 12.1 Å². The van der Waals surface area contributed by atoms with Crippen LogP contribution in [0.2, 0.25) is 0 Å². The first-order chi connectivity index (χ1) is 12.8. The molecule has 0 radical (unpaired) electrons. The molecule has 0 fully saturated rings. The predicted molar refractivity (Wildman–Crippen MR) is 99.6 cm³/mol. The zero-order chi connectivity index (χ0) is 20.0. The quantitative estimate of drug-likeness (QED) is 0.445. The van der Waals surface area contributed by atoms with E-state index >= 15 is 0 Å². The Morgan fingerprint density at radius 2 is 1.89 bits per heavy atom. The highest BCUT2D eigenvalue weighted by Gasteiger charge is 2.14. The molecule has 5 N–H and O–H groups in total. The molecule has 7 nitrogen and oxygen atoms in total. The van der Waals surface area contributed by atoms with Crippen LogP contribution in [0.5, 0.6) is 11.5 Å². The smallest absolute Gasteiger partial charge is 0.341 e. The fourth-order valence-electron chi connectivity index (χ4n) is 2.78. The van der Waals surface area contributed by atoms with Gasteiger partial charge in [0.05, 0.1) is 19.8 Å². The van der Waals surface area contributed by atoms with Crippen LogP contribution in [0, 0.1) is 0 Å². The largest absolute Gasteiger partial charge is 0.508 e. The Balaban J connectivity index is 1.93. The van der Waals surface area contributed by atoms with E-state index in [1.54, 1.807) is 18.2 Å². The molecule has 0 aliphatic carbocycles. The molecule has 2 aromatic carbocycles. The number of nitrogens with one attached hydrogen (secondary N) is 1. The SMILES string of the molecule is COC(=O)c1ccc(CC(C)NCC(O)c2ccc(O)c(CO)c2)cc1O. The number of carbonyl (C=O) groups is 1. The van der Waals surface area contributed by atoms with Crippen LogP contribution in [-0.2, 0) is 17.8 Å². The summed E-state index contributed by atoms with van der Waals surface area (Å²) in [5.41, 5.74) is 1.91. The average molecular weight is 375 g/mol. The molecule has 0 saturated heterocycles. The number of aliphatic hydroxyl groups is 2. The summed E-state index contributed by atoms with van der Waals surface area (Å²) >= 11 is 0. The van der Waals surface area contributed by atoms with E-state index in [0.29, 0.717) is 17.5 Å². The fourth-order valence-corrected chi connectivity index (χ4v) is 2.78. The van der Waals surface area contributed by atoms with Crippen LogP contribution in [0.3, 0.4) is 0 Å². The van der Waals surface area contributed by atoms with Crippen LogP contribution in [-0.4, -0.2) is 46.1 Å². The van der Waals surface area contributed by atoms with E-state index in [4.69, 9.17) is 0 Å². The van der Waals surface area contributed by atoms with E-state index in [1.807, 2.05) is 6.92 Å². The van der Waals surface area contributed by atoms with Crippen molar-refractivity contribution in [3.8, 4) is 11.5 Å². The molecule has 0 aromatic heterocycles. The van der Waals surface area contributed by atoms with Crippen LogP contribution in [0.25, 0.3) is 0 Å². The number of rotatable bonds is 8. The van der Waals surface area contributed by atoms with Crippen molar-refractivity contribution < 1.29 is 30.0 Å². The Morgan fingerprint density at radius 3 is 2.52 bits per heavy atom. The number of hydrogen-bond acceptors (Lipinski definition) is 7. The van der Waals surface area contributed by atoms with Crippen LogP contribution < -0.4 is 5.32 Å². The number of hydrogen-bond donors (Lipinski definition) is 5. The van der Waals surface area contributed by atoms with Gasteiger partial charge in [-0.15, -0.1) is 0 Å². The van der Waals surface area contributed by atoms with E-state index in [0.717, 1.165) is 5.56 Å². The van der Waals surface area contributed by atoms with Gasteiger partial charge in [0, 0.05) is 18.2 Å². The molecular weight excluding hydrogens is 350 g/mol. The van der Waals surface area contributed by atoms with Crippen molar-refractivity contribution in [3.05, 3.63) is 58.7 Å². The molecule has 2 aromatic rings. The normalized spacial score (nSPS) is 13.2. The zero-order valence-corrected chi connectivity index (χ0v) is 15.3. The third kappa shape index (κ3) is 5.43. The summed E-state index contributed by atoms with van der Waals surface area (Å²) in [6.07, 6.45) is -0.215. The van der Waals surface area contributed by atoms with Crippen LogP contribution in [0.1, 0.15) is 40.1 Å². The average Bonchev–Trinajstić information content (AvgIpc) is 2.66. The monoisotopic (exact) mass is 375 g/mol. The molecule has 27 heavy (non-hydrogen) atoms. The lowest BCUT2D eigenvalue weighted by molar-refractivity contribution is 0.0597. The van der Waals surface area contributed by atoms with Gasteiger partial charge in [0.1, 0.15) is 17.1 Å². The molecule has 0 saturated carbocycles. The van der Waals surface area contributed by atoms with Crippen LogP contribution in [0.15, 0.2) is 36.4 Å². The number of aliphatic hydroxyl groups excluding tert-OH is 2. The van der Waals surface area contributed by atoms with Gasteiger partial charge < -0.3 is 30.5 Å². The number of methoxy groups -OCH3 is 1. The minimum atomic E-state index is -0.798. The van der Waals surface area contributed by atoms with Crippen molar-refractivity contribution in [3.63, 3.8) is 0 Å². The number of benzene rings is 2. The van der Waals surface area contributed by atoms with Gasteiger partial charge in [-0.3, -0.25) is 0 Å². The first kappa shape index (κ1) is 20.7. The lowest BCUT2D eigenvalue weighted by Crippen LogP contribution is -2.32. The molecule has 0 heterocycles. The Hall–Kier alpha value is -2.61. The zero-order valence-electron chi connectivity index (χ0n) is 15.3. The first-order valence-electron chi connectivity index (χ1n) is 8.60. The summed E-state index contributed by atoms with van der Waals surface area (Å²) in [7, 11) is 1.25. The third-order valence-electron chi connectivity index (χ3n) is 4.33. The molecule has 2 unspecified atom stereocenters. The summed E-state index contributed by atoms with van der Waals surface area (Å²) in [6.45, 7) is 1.91. The van der Waals surface area contributed by atoms with E-state index in [-0.39, 0.29) is 36.3 Å². The second-order valence-corrected chi connectivity index (χ2v) is 6.42. The molecular formula is C20H25NO6. The maximum atomic E-state index is 11.5. The molecule has 0 aliphatic heterocycles. The topological polar surface area (TPSA) is 119 Å². The highest BCUT2D eigenvalue weighted by molar-refractivity contribution is 5.92. The molecule has 0 aliphatic rings. The van der Waals surface area contributed by atoms with Gasteiger partial charge in [-0.25, -0.2) is 4.79 Å². The molecule has 2 rings (SSSR count). The van der Waals surface area contributed by atoms with Gasteiger partial charge in [0.15, 0.2) is 0 Å². The number of ether oxygens (including phenoxy) is 1. The summed E-state index contributed by atoms with van der Waals surface area (Å²) in [5.74, 6) is -0.735. The van der Waals surface area contributed by atoms with Gasteiger partial charge in [-0.2, -0.15) is 0 Å². The molecule has 2 atom stereocenters. The minimum absolute atomic E-state index is 0.00236. The Labute approximate surface area is 157 Å². The number of aromatic hydroxyl groups is 2. The molecule has 7 heteroatoms. The van der Waals surface area contributed by atoms with Crippen LogP contribution in [0.4, 0.5) is 0 Å². The number of carbonyl (C=O) groups excluding carboxylic acids is 1. The van der Waals surface area contributed by atoms with Crippen molar-refractivity contribution in [2.24, 2.45) is 0 Å². The first-order valence-corrected chi connectivity index (χ1v) is 8.60. The van der Waals surface area contributed by atoms with Gasteiger partial charge >= 0.3 is 5.97 Å². The Bertz CT molecular complexity index is 792. The highest BCUT2D eigenvalue weighted by atomic mass is 16.5. The predicted octanol–water partition coefficient (Wildman–Crippen LogP) is 1.63. The number of esters is 1. The van der Waals surface area contributed by atoms with Crippen molar-refractivity contribution in [2.45, 2.75) is 32.1 Å². The van der Waals surface area contributed by atoms with E-state index in [2.05, 4.69) is 10.1 Å². The fraction of sp³-hybridized carbons (Fsp3) is 0.350. The van der Waals surface area contributed by atoms with Crippen LogP contribution >= 0.6 is 0 Å². The lowest BCUT2D eigenvalue weighted by Gasteiger charge is -2.18. The third-order valence-corrected chi connectivity index (χ3v) is 4.33. The van der Waals surface area contributed by atoms with Crippen molar-refractivity contribution in [2.75, 3.05) is 13.7 Å². The number of phenols is 2. The Morgan fingerprint density at radius 1 is 1.15 bits per heavy atom. The second kappa shape index (κ2) is 9.36. The summed E-state index contributed by atoms with van der Waals surface area (Å²) in [5, 5.41) is 42.2. The molecule has 0 spiro atoms. The standard InChI is InChI=1S/C20H25NO6/c1-12(7-13-3-5-16(18(24)8-13)20(26)27-2)21-10-19(25)14-4-6-17(23)15(9-14)11-22/h3-6,8-9,12,19,21-25H,7,10-11H2,1-2H3. The Kier molecular flexibility index (Phi) is 7.18. The maximum Gasteiger partial charge on any atom is 0.341 e. The molecule has 0 bridgehead atoms. The maximum absolute atomic E-state index is 11.5. The summed E-state index contributed by atoms with van der Waals surface area (Å²) in [4.78, 5) is 11.5. The van der Waals surface area contributed by atoms with Crippen molar-refractivity contribution >= 4 is 5.97 Å². The van der Waals surface area contributed by atoms with Gasteiger partial charge in [0.2, 0.25) is 0 Å². The summed E-state index contributed by atoms with van der Waals surface area (Å²) in [6, 6.07) is 9.40. The van der Waals surface area contributed by atoms with Gasteiger partial charge in [-0.05, 0) is 48.7 Å². The van der Waals surface area contributed by atoms with E-state index in [9.17, 15) is 25.2 Å². The number of phenolic OH excluding ortho intramolecular Hbond substituents is 1. The second-order valence-electron chi connectivity index (χ2n) is 6.42. The lowest BCUT2D eigenvalue weighted by atomic mass is 10.0. The van der Waals surface area contributed by atoms with Crippen molar-refractivity contribution in [1.82, 2.24) is 5.32 Å². The molecule has 146 valence electrons. The van der Waals surface area contributed by atoms with E-state index < -0.39 is 12.1 Å². The van der Waals surface area contributed by atoms with E-state index in [1.165, 1.54) is 25.3 Å². The van der Waals surface area contributed by atoms with Crippen molar-refractivity contribution in [1.29, 1.82) is 0 Å². The highest BCUT2D eigenvalue weighted by Crippen LogP contribution is 2.23. The summed E-state index contributed by atoms with van der Waals surface area (Å²) < 4.78 is 4.60. The van der Waals surface area contributed by atoms with Gasteiger partial charge in [0.25, 0.3) is 0 Å².